The molecule has 2 aliphatic heterocycles. The van der Waals surface area contributed by atoms with Gasteiger partial charge in [-0.05, 0) is 67.7 Å². The lowest BCUT2D eigenvalue weighted by Gasteiger charge is -2.43. The van der Waals surface area contributed by atoms with Crippen molar-refractivity contribution in [3.05, 3.63) is 57.6 Å². The first-order valence-corrected chi connectivity index (χ1v) is 10.8. The molecule has 0 unspecified atom stereocenters. The van der Waals surface area contributed by atoms with Gasteiger partial charge in [-0.2, -0.15) is 0 Å². The summed E-state index contributed by atoms with van der Waals surface area (Å²) in [6.07, 6.45) is 2.87. The number of nitrogens with zero attached hydrogens (tertiary/aromatic N) is 1. The molecular weight excluding hydrogens is 421 g/mol. The topological polar surface area (TPSA) is 91.5 Å². The van der Waals surface area contributed by atoms with Crippen LogP contribution in [0.2, 0.25) is 10.0 Å². The molecule has 8 heteroatoms. The molecule has 0 aliphatic carbocycles. The second-order valence-electron chi connectivity index (χ2n) is 7.94. The highest BCUT2D eigenvalue weighted by Crippen LogP contribution is 2.43. The van der Waals surface area contributed by atoms with Crippen molar-refractivity contribution in [1.29, 1.82) is 0 Å². The third-order valence-electron chi connectivity index (χ3n) is 5.80. The van der Waals surface area contributed by atoms with Gasteiger partial charge in [0.2, 0.25) is 5.91 Å². The van der Waals surface area contributed by atoms with E-state index in [1.165, 1.54) is 0 Å². The summed E-state index contributed by atoms with van der Waals surface area (Å²) < 4.78 is 0. The Morgan fingerprint density at radius 3 is 2.73 bits per heavy atom. The summed E-state index contributed by atoms with van der Waals surface area (Å²) >= 11 is 12.6. The predicted octanol–water partition coefficient (Wildman–Crippen LogP) is 3.83. The molecule has 0 saturated carbocycles. The molecular formula is C22H25Cl2N5O. The summed E-state index contributed by atoms with van der Waals surface area (Å²) in [4.78, 5) is 16.1. The molecule has 30 heavy (non-hydrogen) atoms. The standard InChI is InChI=1S/C22H25Cl2N5O/c23-16-3-1-2-14(8-16)12-28-21-22(4-6-26-7-5-22)11-15-9-19(27-13-20(25)30)17(24)10-18(15)29-21/h1-3,8-10,26-27H,4-7,11-13H2,(H2,25,30)(H,28,29). The Morgan fingerprint density at radius 2 is 2.00 bits per heavy atom. The van der Waals surface area contributed by atoms with Crippen molar-refractivity contribution in [2.45, 2.75) is 25.8 Å². The number of carbonyl (C=O) groups excluding carboxylic acids is 1. The number of amides is 1. The first-order chi connectivity index (χ1) is 14.4. The number of rotatable bonds is 5. The number of primary amides is 1. The molecule has 1 amide bonds. The minimum atomic E-state index is -0.424. The summed E-state index contributed by atoms with van der Waals surface area (Å²) in [5.41, 5.74) is 9.13. The number of aliphatic imine (C=N–C) groups is 1. The van der Waals surface area contributed by atoms with E-state index in [2.05, 4.69) is 16.0 Å². The number of anilines is 2. The first-order valence-electron chi connectivity index (χ1n) is 10.1. The van der Waals surface area contributed by atoms with Gasteiger partial charge in [-0.15, -0.1) is 0 Å². The van der Waals surface area contributed by atoms with Gasteiger partial charge in [-0.1, -0.05) is 35.3 Å². The zero-order valence-corrected chi connectivity index (χ0v) is 18.1. The third kappa shape index (κ3) is 4.56. The average molecular weight is 446 g/mol. The van der Waals surface area contributed by atoms with Crippen molar-refractivity contribution in [1.82, 2.24) is 5.32 Å². The monoisotopic (exact) mass is 445 g/mol. The van der Waals surface area contributed by atoms with Crippen molar-refractivity contribution in [2.24, 2.45) is 16.1 Å². The van der Waals surface area contributed by atoms with E-state index in [0.717, 1.165) is 60.7 Å². The third-order valence-corrected chi connectivity index (χ3v) is 6.35. The summed E-state index contributed by atoms with van der Waals surface area (Å²) in [7, 11) is 0. The minimum absolute atomic E-state index is 0.0490. The Hall–Kier alpha value is -2.28. The maximum atomic E-state index is 11.1. The van der Waals surface area contributed by atoms with Crippen molar-refractivity contribution in [3.63, 3.8) is 0 Å². The maximum absolute atomic E-state index is 11.1. The molecule has 1 spiro atoms. The number of amidine groups is 1. The van der Waals surface area contributed by atoms with Gasteiger partial charge in [0.1, 0.15) is 5.84 Å². The van der Waals surface area contributed by atoms with Gasteiger partial charge in [-0.25, -0.2) is 0 Å². The second kappa shape index (κ2) is 8.84. The Morgan fingerprint density at radius 1 is 1.20 bits per heavy atom. The normalized spacial score (nSPS) is 18.7. The van der Waals surface area contributed by atoms with E-state index in [4.69, 9.17) is 33.9 Å². The fraction of sp³-hybridized carbons (Fsp3) is 0.364. The molecule has 5 N–H and O–H groups in total. The lowest BCUT2D eigenvalue weighted by molar-refractivity contribution is -0.116. The van der Waals surface area contributed by atoms with Gasteiger partial charge in [0.25, 0.3) is 0 Å². The highest BCUT2D eigenvalue weighted by atomic mass is 35.5. The molecule has 2 heterocycles. The van der Waals surface area contributed by atoms with E-state index in [1.54, 1.807) is 0 Å². The SMILES string of the molecule is NC(=O)CNc1cc2c(cc1Cl)NC(=NCc1cccc(Cl)c1)C1(CCNCC1)C2. The van der Waals surface area contributed by atoms with Crippen LogP contribution in [-0.4, -0.2) is 31.4 Å². The summed E-state index contributed by atoms with van der Waals surface area (Å²) in [6.45, 7) is 2.52. The molecule has 0 atom stereocenters. The van der Waals surface area contributed by atoms with Crippen LogP contribution in [0.4, 0.5) is 11.4 Å². The zero-order valence-electron chi connectivity index (χ0n) is 16.6. The lowest BCUT2D eigenvalue weighted by atomic mass is 9.70. The molecule has 1 fully saturated rings. The number of hydrogen-bond acceptors (Lipinski definition) is 4. The number of nitrogens with one attached hydrogen (secondary N) is 3. The first kappa shape index (κ1) is 21.0. The molecule has 158 valence electrons. The summed E-state index contributed by atoms with van der Waals surface area (Å²) in [5, 5.41) is 11.3. The number of benzene rings is 2. The van der Waals surface area contributed by atoms with Crippen LogP contribution in [0, 0.1) is 5.41 Å². The van der Waals surface area contributed by atoms with Crippen molar-refractivity contribution < 1.29 is 4.79 Å². The number of nitrogens with two attached hydrogens (primary N) is 1. The molecule has 0 bridgehead atoms. The van der Waals surface area contributed by atoms with E-state index >= 15 is 0 Å². The van der Waals surface area contributed by atoms with E-state index in [9.17, 15) is 4.79 Å². The molecule has 2 aromatic rings. The quantitative estimate of drug-likeness (QED) is 0.562. The van der Waals surface area contributed by atoms with Crippen LogP contribution in [0.1, 0.15) is 24.0 Å². The van der Waals surface area contributed by atoms with E-state index in [0.29, 0.717) is 16.6 Å². The number of hydrogen-bond donors (Lipinski definition) is 4. The van der Waals surface area contributed by atoms with E-state index < -0.39 is 5.91 Å². The van der Waals surface area contributed by atoms with E-state index in [1.807, 2.05) is 36.4 Å². The number of carbonyl (C=O) groups is 1. The van der Waals surface area contributed by atoms with Gasteiger partial charge >= 0.3 is 0 Å². The van der Waals surface area contributed by atoms with Crippen LogP contribution >= 0.6 is 23.2 Å². The Kier molecular flexibility index (Phi) is 6.18. The van der Waals surface area contributed by atoms with Crippen molar-refractivity contribution in [3.8, 4) is 0 Å². The summed E-state index contributed by atoms with van der Waals surface area (Å²) in [6, 6.07) is 11.7. The second-order valence-corrected chi connectivity index (χ2v) is 8.78. The Bertz CT molecular complexity index is 985. The molecule has 0 aromatic heterocycles. The van der Waals surface area contributed by atoms with Crippen LogP contribution in [-0.2, 0) is 17.8 Å². The van der Waals surface area contributed by atoms with Gasteiger partial charge in [-0.3, -0.25) is 9.79 Å². The predicted molar refractivity (Wildman–Crippen MR) is 124 cm³/mol. The molecule has 4 rings (SSSR count). The highest BCUT2D eigenvalue weighted by molar-refractivity contribution is 6.33. The van der Waals surface area contributed by atoms with Gasteiger partial charge in [0.15, 0.2) is 0 Å². The van der Waals surface area contributed by atoms with Crippen LogP contribution in [0.15, 0.2) is 41.4 Å². The fourth-order valence-electron chi connectivity index (χ4n) is 4.24. The Balaban J connectivity index is 1.65. The zero-order chi connectivity index (χ0) is 21.1. The molecule has 0 radical (unpaired) electrons. The molecule has 1 saturated heterocycles. The highest BCUT2D eigenvalue weighted by Gasteiger charge is 2.41. The van der Waals surface area contributed by atoms with Gasteiger partial charge < -0.3 is 21.7 Å². The van der Waals surface area contributed by atoms with Gasteiger partial charge in [0, 0.05) is 16.1 Å². The van der Waals surface area contributed by atoms with Crippen molar-refractivity contribution >= 4 is 46.3 Å². The smallest absolute Gasteiger partial charge is 0.236 e. The molecule has 2 aliphatic rings. The van der Waals surface area contributed by atoms with Crippen LogP contribution in [0.3, 0.4) is 0 Å². The lowest BCUT2D eigenvalue weighted by Crippen LogP contribution is -2.48. The Labute approximate surface area is 186 Å². The van der Waals surface area contributed by atoms with Crippen LogP contribution < -0.4 is 21.7 Å². The number of fused-ring (bicyclic) bond motifs is 1. The molecule has 2 aromatic carbocycles. The summed E-state index contributed by atoms with van der Waals surface area (Å²) in [5.74, 6) is 0.581. The average Bonchev–Trinajstić information content (AvgIpc) is 2.72. The van der Waals surface area contributed by atoms with Crippen LogP contribution in [0.5, 0.6) is 0 Å². The van der Waals surface area contributed by atoms with Crippen molar-refractivity contribution in [2.75, 3.05) is 30.3 Å². The van der Waals surface area contributed by atoms with Crippen LogP contribution in [0.25, 0.3) is 0 Å². The molecule has 6 nitrogen and oxygen atoms in total. The number of halogens is 2. The largest absolute Gasteiger partial charge is 0.375 e. The van der Waals surface area contributed by atoms with E-state index in [-0.39, 0.29) is 12.0 Å². The minimum Gasteiger partial charge on any atom is -0.375 e. The fourth-order valence-corrected chi connectivity index (χ4v) is 4.68. The van der Waals surface area contributed by atoms with Gasteiger partial charge in [0.05, 0.1) is 23.8 Å². The number of piperidine rings is 1. The maximum Gasteiger partial charge on any atom is 0.236 e.